The van der Waals surface area contributed by atoms with Crippen LogP contribution in [0.4, 0.5) is 0 Å². The third-order valence-corrected chi connectivity index (χ3v) is 7.43. The molecule has 0 aliphatic carbocycles. The van der Waals surface area contributed by atoms with Crippen LogP contribution in [0, 0.1) is 0 Å². The first-order valence-corrected chi connectivity index (χ1v) is 13.1. The number of hydrogen-bond acceptors (Lipinski definition) is 4. The summed E-state index contributed by atoms with van der Waals surface area (Å²) in [5.41, 5.74) is 5.72. The number of pyridine rings is 1. The van der Waals surface area contributed by atoms with Crippen LogP contribution in [-0.2, 0) is 12.3 Å². The molecule has 0 aliphatic rings. The Bertz CT molecular complexity index is 1480. The topological polar surface area (TPSA) is 59.8 Å². The van der Waals surface area contributed by atoms with Crippen LogP contribution in [0.5, 0.6) is 0 Å². The number of aromatic nitrogens is 3. The van der Waals surface area contributed by atoms with Crippen LogP contribution in [0.25, 0.3) is 11.0 Å². The van der Waals surface area contributed by atoms with Gasteiger partial charge in [0, 0.05) is 22.5 Å². The Labute approximate surface area is 219 Å². The molecule has 0 spiro atoms. The molecular weight excluding hydrogens is 488 g/mol. The number of carbonyl (C=O) groups excluding carboxylic acids is 1. The minimum atomic E-state index is -0.0915. The van der Waals surface area contributed by atoms with Crippen LogP contribution in [-0.4, -0.2) is 20.4 Å². The molecule has 0 aliphatic heterocycles. The summed E-state index contributed by atoms with van der Waals surface area (Å²) in [4.78, 5) is 21.9. The second-order valence-corrected chi connectivity index (χ2v) is 9.88. The van der Waals surface area contributed by atoms with E-state index in [1.165, 1.54) is 0 Å². The Balaban J connectivity index is 1.33. The van der Waals surface area contributed by atoms with Crippen molar-refractivity contribution >= 4 is 40.3 Å². The first-order valence-electron chi connectivity index (χ1n) is 11.7. The number of amides is 1. The summed E-state index contributed by atoms with van der Waals surface area (Å²) < 4.78 is 2.16. The van der Waals surface area contributed by atoms with Gasteiger partial charge in [-0.1, -0.05) is 84.0 Å². The highest BCUT2D eigenvalue weighted by molar-refractivity contribution is 7.98. The predicted octanol–water partition coefficient (Wildman–Crippen LogP) is 6.92. The number of imidazole rings is 1. The van der Waals surface area contributed by atoms with E-state index in [2.05, 4.69) is 14.9 Å². The normalized spacial score (nSPS) is 11.9. The van der Waals surface area contributed by atoms with Crippen molar-refractivity contribution in [2.24, 2.45) is 0 Å². The molecule has 0 saturated heterocycles. The van der Waals surface area contributed by atoms with Gasteiger partial charge in [-0.15, -0.1) is 0 Å². The van der Waals surface area contributed by atoms with Crippen LogP contribution < -0.4 is 5.32 Å². The zero-order chi connectivity index (χ0) is 24.9. The second-order valence-electron chi connectivity index (χ2n) is 8.53. The summed E-state index contributed by atoms with van der Waals surface area (Å²) in [6.07, 6.45) is 3.60. The second kappa shape index (κ2) is 11.0. The number of carbonyl (C=O) groups is 1. The van der Waals surface area contributed by atoms with Gasteiger partial charge in [0.05, 0.1) is 29.8 Å². The van der Waals surface area contributed by atoms with Crippen LogP contribution in [0.15, 0.2) is 102 Å². The Hall–Kier alpha value is -3.61. The number of rotatable bonds is 8. The van der Waals surface area contributed by atoms with Gasteiger partial charge in [-0.25, -0.2) is 4.98 Å². The van der Waals surface area contributed by atoms with Crippen molar-refractivity contribution < 1.29 is 4.79 Å². The van der Waals surface area contributed by atoms with E-state index in [1.54, 1.807) is 18.0 Å². The largest absolute Gasteiger partial charge is 0.346 e. The zero-order valence-corrected chi connectivity index (χ0v) is 21.3. The number of thioether (sulfide) groups is 1. The smallest absolute Gasteiger partial charge is 0.251 e. The van der Waals surface area contributed by atoms with E-state index in [0.717, 1.165) is 43.7 Å². The number of nitrogens with zero attached hydrogens (tertiary/aromatic N) is 3. The molecule has 5 nitrogen and oxygen atoms in total. The van der Waals surface area contributed by atoms with Gasteiger partial charge in [-0.3, -0.25) is 9.78 Å². The van der Waals surface area contributed by atoms with E-state index in [0.29, 0.717) is 12.1 Å². The summed E-state index contributed by atoms with van der Waals surface area (Å²) in [7, 11) is 0. The van der Waals surface area contributed by atoms with Crippen LogP contribution in [0.2, 0.25) is 5.02 Å². The minimum Gasteiger partial charge on any atom is -0.346 e. The molecule has 2 aromatic heterocycles. The van der Waals surface area contributed by atoms with Crippen LogP contribution >= 0.6 is 23.4 Å². The highest BCUT2D eigenvalue weighted by atomic mass is 35.5. The molecule has 7 heteroatoms. The zero-order valence-electron chi connectivity index (χ0n) is 19.8. The van der Waals surface area contributed by atoms with Crippen molar-refractivity contribution in [1.29, 1.82) is 0 Å². The highest BCUT2D eigenvalue weighted by Crippen LogP contribution is 2.29. The predicted molar refractivity (Wildman–Crippen MR) is 146 cm³/mol. The molecule has 36 heavy (non-hydrogen) atoms. The van der Waals surface area contributed by atoms with E-state index in [1.807, 2.05) is 98.0 Å². The van der Waals surface area contributed by atoms with Crippen LogP contribution in [0.3, 0.4) is 0 Å². The standard InChI is InChI=1S/C29H25ClN4OS/c1-20(22-7-3-2-4-8-22)32-28(35)23-13-11-21(12-14-23)18-34-27-17-31-16-15-26(27)33-29(34)36-19-24-9-5-6-10-25(24)30/h2-17,20H,18-19H2,1H3,(H,32,35)/t20-/m1/s1. The summed E-state index contributed by atoms with van der Waals surface area (Å²) in [5, 5.41) is 4.72. The Morgan fingerprint density at radius 3 is 2.53 bits per heavy atom. The number of halogens is 1. The molecule has 2 heterocycles. The quantitative estimate of drug-likeness (QED) is 0.229. The van der Waals surface area contributed by atoms with E-state index >= 15 is 0 Å². The van der Waals surface area contributed by atoms with Gasteiger partial charge in [0.2, 0.25) is 0 Å². The van der Waals surface area contributed by atoms with Crippen molar-refractivity contribution in [3.63, 3.8) is 0 Å². The molecular formula is C29H25ClN4OS. The highest BCUT2D eigenvalue weighted by Gasteiger charge is 2.14. The Kier molecular flexibility index (Phi) is 7.35. The summed E-state index contributed by atoms with van der Waals surface area (Å²) in [6.45, 7) is 2.61. The average Bonchev–Trinajstić information content (AvgIpc) is 3.26. The Morgan fingerprint density at radius 2 is 1.75 bits per heavy atom. The number of nitrogens with one attached hydrogen (secondary N) is 1. The van der Waals surface area contributed by atoms with Gasteiger partial charge in [0.15, 0.2) is 5.16 Å². The number of hydrogen-bond donors (Lipinski definition) is 1. The van der Waals surface area contributed by atoms with E-state index in [9.17, 15) is 4.79 Å². The number of fused-ring (bicyclic) bond motifs is 1. The van der Waals surface area contributed by atoms with E-state index in [4.69, 9.17) is 16.6 Å². The van der Waals surface area contributed by atoms with Crippen molar-refractivity contribution in [3.8, 4) is 0 Å². The van der Waals surface area contributed by atoms with Gasteiger partial charge in [-0.2, -0.15) is 0 Å². The van der Waals surface area contributed by atoms with Gasteiger partial charge in [0.25, 0.3) is 5.91 Å². The first kappa shape index (κ1) is 24.1. The fourth-order valence-corrected chi connectivity index (χ4v) is 5.32. The summed E-state index contributed by atoms with van der Waals surface area (Å²) >= 11 is 8.01. The monoisotopic (exact) mass is 512 g/mol. The lowest BCUT2D eigenvalue weighted by Crippen LogP contribution is -2.26. The third kappa shape index (κ3) is 5.45. The van der Waals surface area contributed by atoms with E-state index in [-0.39, 0.29) is 11.9 Å². The summed E-state index contributed by atoms with van der Waals surface area (Å²) in [5.74, 6) is 0.626. The maximum absolute atomic E-state index is 12.8. The lowest BCUT2D eigenvalue weighted by Gasteiger charge is -2.15. The number of benzene rings is 3. The molecule has 0 bridgehead atoms. The van der Waals surface area contributed by atoms with Crippen molar-refractivity contribution in [1.82, 2.24) is 19.9 Å². The molecule has 1 N–H and O–H groups in total. The van der Waals surface area contributed by atoms with Gasteiger partial charge < -0.3 is 9.88 Å². The molecule has 3 aromatic carbocycles. The molecule has 5 rings (SSSR count). The van der Waals surface area contributed by atoms with Gasteiger partial charge >= 0.3 is 0 Å². The molecule has 5 aromatic rings. The third-order valence-electron chi connectivity index (χ3n) is 6.03. The van der Waals surface area contributed by atoms with Crippen molar-refractivity contribution in [3.05, 3.63) is 125 Å². The minimum absolute atomic E-state index is 0.0686. The molecule has 180 valence electrons. The molecule has 1 amide bonds. The maximum Gasteiger partial charge on any atom is 0.251 e. The lowest BCUT2D eigenvalue weighted by atomic mass is 10.1. The summed E-state index contributed by atoms with van der Waals surface area (Å²) in [6, 6.07) is 27.4. The Morgan fingerprint density at radius 1 is 1.00 bits per heavy atom. The van der Waals surface area contributed by atoms with E-state index < -0.39 is 0 Å². The van der Waals surface area contributed by atoms with Crippen molar-refractivity contribution in [2.75, 3.05) is 0 Å². The van der Waals surface area contributed by atoms with Gasteiger partial charge in [-0.05, 0) is 47.9 Å². The fourth-order valence-electron chi connectivity index (χ4n) is 4.02. The molecule has 0 unspecified atom stereocenters. The van der Waals surface area contributed by atoms with Gasteiger partial charge in [0.1, 0.15) is 0 Å². The maximum atomic E-state index is 12.8. The first-order chi connectivity index (χ1) is 17.6. The van der Waals surface area contributed by atoms with Crippen LogP contribution in [0.1, 0.15) is 40.0 Å². The molecule has 0 radical (unpaired) electrons. The average molecular weight is 513 g/mol. The SMILES string of the molecule is C[C@@H](NC(=O)c1ccc(Cn2c(SCc3ccccc3Cl)nc3ccncc32)cc1)c1ccccc1. The van der Waals surface area contributed by atoms with Crippen molar-refractivity contribution in [2.45, 2.75) is 30.4 Å². The fraction of sp³-hybridized carbons (Fsp3) is 0.138. The molecule has 0 saturated carbocycles. The molecule has 1 atom stereocenters. The molecule has 0 fully saturated rings. The lowest BCUT2D eigenvalue weighted by molar-refractivity contribution is 0.0940.